The molecule has 0 saturated heterocycles. The summed E-state index contributed by atoms with van der Waals surface area (Å²) in [7, 11) is -2.74. The molecule has 134 valence electrons. The average Bonchev–Trinajstić information content (AvgIpc) is 3.04. The molecule has 0 amide bonds. The Labute approximate surface area is 147 Å². The van der Waals surface area contributed by atoms with Crippen molar-refractivity contribution in [2.75, 3.05) is 7.11 Å². The van der Waals surface area contributed by atoms with Crippen LogP contribution in [0.3, 0.4) is 0 Å². The summed E-state index contributed by atoms with van der Waals surface area (Å²) in [5.41, 5.74) is -0.997. The summed E-state index contributed by atoms with van der Waals surface area (Å²) in [5.74, 6) is -0.840. The van der Waals surface area contributed by atoms with Crippen molar-refractivity contribution < 1.29 is 22.3 Å². The van der Waals surface area contributed by atoms with Crippen LogP contribution >= 0.6 is 0 Å². The monoisotopic (exact) mass is 376 g/mol. The number of carbonyl (C=O) groups excluding carboxylic acids is 1. The number of hydrogen-bond donors (Lipinski definition) is 0. The van der Waals surface area contributed by atoms with Gasteiger partial charge in [-0.2, -0.15) is 3.97 Å². The Morgan fingerprint density at radius 1 is 1.00 bits per heavy atom. The fourth-order valence-electron chi connectivity index (χ4n) is 2.29. The Bertz CT molecular complexity index is 1110. The van der Waals surface area contributed by atoms with Crippen LogP contribution in [0.5, 0.6) is 5.75 Å². The Morgan fingerprint density at radius 2 is 1.62 bits per heavy atom. The van der Waals surface area contributed by atoms with E-state index in [1.54, 1.807) is 0 Å². The fraction of sp³-hybridized carbons (Fsp3) is 0.0588. The first-order valence-corrected chi connectivity index (χ1v) is 8.78. The van der Waals surface area contributed by atoms with E-state index < -0.39 is 27.4 Å². The van der Waals surface area contributed by atoms with Crippen molar-refractivity contribution in [2.45, 2.75) is 4.90 Å². The third-order valence-electron chi connectivity index (χ3n) is 3.67. The molecule has 2 aromatic carbocycles. The molecule has 0 aliphatic rings. The van der Waals surface area contributed by atoms with E-state index in [1.165, 1.54) is 43.5 Å². The Hall–Kier alpha value is -3.20. The third kappa shape index (κ3) is 3.04. The molecule has 1 heterocycles. The van der Waals surface area contributed by atoms with Crippen LogP contribution in [0, 0.1) is 5.82 Å². The van der Waals surface area contributed by atoms with Crippen LogP contribution < -0.4 is 10.4 Å². The van der Waals surface area contributed by atoms with Gasteiger partial charge < -0.3 is 4.74 Å². The van der Waals surface area contributed by atoms with Crippen molar-refractivity contribution in [3.63, 3.8) is 0 Å². The van der Waals surface area contributed by atoms with E-state index in [4.69, 9.17) is 4.74 Å². The minimum atomic E-state index is -4.18. The molecular weight excluding hydrogens is 363 g/mol. The summed E-state index contributed by atoms with van der Waals surface area (Å²) in [5, 5.41) is 0. The largest absolute Gasteiger partial charge is 0.497 e. The van der Waals surface area contributed by atoms with Gasteiger partial charge in [-0.1, -0.05) is 0 Å². The van der Waals surface area contributed by atoms with Gasteiger partial charge in [0.1, 0.15) is 11.6 Å². The van der Waals surface area contributed by atoms with Crippen LogP contribution in [-0.2, 0) is 10.0 Å². The van der Waals surface area contributed by atoms with E-state index in [9.17, 15) is 22.4 Å². The number of aromatic nitrogens is 2. The van der Waals surface area contributed by atoms with Crippen molar-refractivity contribution >= 4 is 15.9 Å². The minimum Gasteiger partial charge on any atom is -0.497 e. The first-order valence-electron chi connectivity index (χ1n) is 7.34. The molecule has 0 saturated carbocycles. The van der Waals surface area contributed by atoms with E-state index in [1.807, 2.05) is 0 Å². The summed E-state index contributed by atoms with van der Waals surface area (Å²) in [6.45, 7) is 0. The smallest absolute Gasteiger partial charge is 0.349 e. The molecule has 0 radical (unpaired) electrons. The molecule has 0 aliphatic heterocycles. The van der Waals surface area contributed by atoms with Crippen molar-refractivity contribution in [1.29, 1.82) is 0 Å². The van der Waals surface area contributed by atoms with Gasteiger partial charge in [-0.05, 0) is 48.5 Å². The van der Waals surface area contributed by atoms with E-state index in [0.717, 1.165) is 24.5 Å². The maximum absolute atomic E-state index is 13.0. The van der Waals surface area contributed by atoms with Crippen molar-refractivity contribution in [3.8, 4) is 5.75 Å². The lowest BCUT2D eigenvalue weighted by Gasteiger charge is -2.06. The molecule has 0 spiro atoms. The second-order valence-corrected chi connectivity index (χ2v) is 7.05. The van der Waals surface area contributed by atoms with Gasteiger partial charge in [0.15, 0.2) is 0 Å². The number of imidazole rings is 1. The third-order valence-corrected chi connectivity index (χ3v) is 5.34. The molecule has 26 heavy (non-hydrogen) atoms. The van der Waals surface area contributed by atoms with Crippen molar-refractivity contribution in [3.05, 3.63) is 82.8 Å². The maximum atomic E-state index is 13.0. The molecule has 0 atom stereocenters. The highest BCUT2D eigenvalue weighted by Gasteiger charge is 2.23. The number of rotatable bonds is 4. The van der Waals surface area contributed by atoms with Crippen molar-refractivity contribution in [1.82, 2.24) is 8.54 Å². The van der Waals surface area contributed by atoms with Crippen LogP contribution in [0.15, 0.2) is 70.6 Å². The fourth-order valence-corrected chi connectivity index (χ4v) is 3.51. The molecular formula is C17H13FN2O5S. The maximum Gasteiger partial charge on any atom is 0.349 e. The lowest BCUT2D eigenvalue weighted by atomic mass is 10.2. The van der Waals surface area contributed by atoms with Gasteiger partial charge >= 0.3 is 5.69 Å². The second-order valence-electron chi connectivity index (χ2n) is 5.24. The topological polar surface area (TPSA) is 87.4 Å². The molecule has 0 unspecified atom stereocenters. The number of hydrogen-bond acceptors (Lipinski definition) is 5. The summed E-state index contributed by atoms with van der Waals surface area (Å²) in [6, 6.07) is 10.0. The second kappa shape index (κ2) is 6.60. The first kappa shape index (κ1) is 17.6. The van der Waals surface area contributed by atoms with Gasteiger partial charge in [0, 0.05) is 18.0 Å². The predicted molar refractivity (Wildman–Crippen MR) is 90.4 cm³/mol. The Kier molecular flexibility index (Phi) is 4.47. The van der Waals surface area contributed by atoms with Crippen LogP contribution in [0.2, 0.25) is 0 Å². The minimum absolute atomic E-state index is 0.0492. The molecule has 9 heteroatoms. The highest BCUT2D eigenvalue weighted by atomic mass is 32.2. The molecule has 0 N–H and O–H groups in total. The summed E-state index contributed by atoms with van der Waals surface area (Å²) in [4.78, 5) is 24.6. The lowest BCUT2D eigenvalue weighted by Crippen LogP contribution is -2.32. The first-order chi connectivity index (χ1) is 12.3. The van der Waals surface area contributed by atoms with Crippen LogP contribution in [-0.4, -0.2) is 30.0 Å². The SMILES string of the molecule is COc1ccc(S(=O)(=O)n2ccn(C(=O)c3ccc(F)cc3)c2=O)cc1. The van der Waals surface area contributed by atoms with Gasteiger partial charge in [0.05, 0.1) is 12.0 Å². The highest BCUT2D eigenvalue weighted by Crippen LogP contribution is 2.17. The van der Waals surface area contributed by atoms with E-state index in [0.29, 0.717) is 14.3 Å². The number of ether oxygens (including phenoxy) is 1. The van der Waals surface area contributed by atoms with Crippen LogP contribution in [0.1, 0.15) is 10.4 Å². The standard InChI is InChI=1S/C17H13FN2O5S/c1-25-14-6-8-15(9-7-14)26(23,24)20-11-10-19(17(20)22)16(21)12-2-4-13(18)5-3-12/h2-11H,1H3. The van der Waals surface area contributed by atoms with Crippen LogP contribution in [0.4, 0.5) is 4.39 Å². The van der Waals surface area contributed by atoms with Gasteiger partial charge in [-0.3, -0.25) is 4.79 Å². The lowest BCUT2D eigenvalue weighted by molar-refractivity contribution is 0.0956. The predicted octanol–water partition coefficient (Wildman–Crippen LogP) is 1.72. The molecule has 7 nitrogen and oxygen atoms in total. The Morgan fingerprint density at radius 3 is 2.19 bits per heavy atom. The average molecular weight is 376 g/mol. The highest BCUT2D eigenvalue weighted by molar-refractivity contribution is 7.90. The number of methoxy groups -OCH3 is 1. The van der Waals surface area contributed by atoms with E-state index >= 15 is 0 Å². The molecule has 0 bridgehead atoms. The van der Waals surface area contributed by atoms with Gasteiger partial charge in [-0.25, -0.2) is 22.2 Å². The van der Waals surface area contributed by atoms with Gasteiger partial charge in [0.2, 0.25) is 0 Å². The summed E-state index contributed by atoms with van der Waals surface area (Å²) >= 11 is 0. The van der Waals surface area contributed by atoms with Crippen molar-refractivity contribution in [2.24, 2.45) is 0 Å². The van der Waals surface area contributed by atoms with Crippen LogP contribution in [0.25, 0.3) is 0 Å². The quantitative estimate of drug-likeness (QED) is 0.692. The number of benzene rings is 2. The van der Waals surface area contributed by atoms with E-state index in [2.05, 4.69) is 0 Å². The zero-order valence-corrected chi connectivity index (χ0v) is 14.3. The zero-order valence-electron chi connectivity index (χ0n) is 13.5. The van der Waals surface area contributed by atoms with Gasteiger partial charge in [-0.15, -0.1) is 0 Å². The number of nitrogens with zero attached hydrogens (tertiary/aromatic N) is 2. The van der Waals surface area contributed by atoms with Gasteiger partial charge in [0.25, 0.3) is 15.9 Å². The molecule has 0 fully saturated rings. The summed E-state index contributed by atoms with van der Waals surface area (Å²) < 4.78 is 44.3. The molecule has 1 aromatic heterocycles. The molecule has 3 rings (SSSR count). The normalized spacial score (nSPS) is 11.3. The zero-order chi connectivity index (χ0) is 18.9. The van der Waals surface area contributed by atoms with E-state index in [-0.39, 0.29) is 10.5 Å². The number of carbonyl (C=O) groups is 1. The Balaban J connectivity index is 2.01. The molecule has 3 aromatic rings. The number of halogens is 1. The summed E-state index contributed by atoms with van der Waals surface area (Å²) in [6.07, 6.45) is 2.04. The molecule has 0 aliphatic carbocycles.